The van der Waals surface area contributed by atoms with E-state index in [1.807, 2.05) is 29.2 Å². The van der Waals surface area contributed by atoms with Crippen LogP contribution in [0, 0.1) is 0 Å². The maximum Gasteiger partial charge on any atom is 0.416 e. The molecule has 1 unspecified atom stereocenters. The fourth-order valence-corrected chi connectivity index (χ4v) is 6.72. The molecule has 3 heterocycles. The third-order valence-electron chi connectivity index (χ3n) is 7.85. The van der Waals surface area contributed by atoms with Crippen molar-refractivity contribution in [2.75, 3.05) is 57.3 Å². The number of hydrogen-bond donors (Lipinski definition) is 3. The van der Waals surface area contributed by atoms with Crippen molar-refractivity contribution in [3.05, 3.63) is 48.0 Å². The topological polar surface area (TPSA) is 79.6 Å². The molecular weight excluding hydrogens is 531 g/mol. The van der Waals surface area contributed by atoms with E-state index in [4.69, 9.17) is 4.74 Å². The summed E-state index contributed by atoms with van der Waals surface area (Å²) in [5.41, 5.74) is 0.925. The molecule has 2 saturated heterocycles. The molecule has 0 aliphatic carbocycles. The van der Waals surface area contributed by atoms with Gasteiger partial charge in [-0.25, -0.2) is 0 Å². The Morgan fingerprint density at radius 2 is 1.59 bits per heavy atom. The van der Waals surface area contributed by atoms with Crippen LogP contribution in [0.3, 0.4) is 0 Å². The molecule has 5 rings (SSSR count). The SMILES string of the molecule is OC[C@@H]1C[C@H](O)[C@@H](O)C(CCN2CCN(CCCN3c4ccccc4Sc4ccc(C(F)(F)F)cc43)CC2)O1. The summed E-state index contributed by atoms with van der Waals surface area (Å²) in [6.45, 7) is 5.55. The van der Waals surface area contributed by atoms with E-state index in [-0.39, 0.29) is 13.0 Å². The van der Waals surface area contributed by atoms with Crippen molar-refractivity contribution in [3.63, 3.8) is 0 Å². The van der Waals surface area contributed by atoms with Crippen LogP contribution in [0.1, 0.15) is 24.8 Å². The first-order valence-electron chi connectivity index (χ1n) is 13.6. The molecular formula is C28H36F3N3O4S. The van der Waals surface area contributed by atoms with Crippen LogP contribution in [0.5, 0.6) is 0 Å². The molecule has 4 atom stereocenters. The summed E-state index contributed by atoms with van der Waals surface area (Å²) < 4.78 is 46.1. The number of piperazine rings is 1. The molecule has 0 bridgehead atoms. The van der Waals surface area contributed by atoms with Gasteiger partial charge in [-0.1, -0.05) is 23.9 Å². The Morgan fingerprint density at radius 3 is 2.31 bits per heavy atom. The Hall–Kier alpha value is -1.86. The summed E-state index contributed by atoms with van der Waals surface area (Å²) in [7, 11) is 0. The van der Waals surface area contributed by atoms with Crippen molar-refractivity contribution in [1.82, 2.24) is 9.80 Å². The molecule has 39 heavy (non-hydrogen) atoms. The van der Waals surface area contributed by atoms with Crippen molar-refractivity contribution in [2.45, 2.75) is 59.6 Å². The number of hydrogen-bond acceptors (Lipinski definition) is 8. The van der Waals surface area contributed by atoms with Crippen LogP contribution in [-0.2, 0) is 10.9 Å². The third kappa shape index (κ3) is 6.73. The number of aliphatic hydroxyl groups is 3. The maximum absolute atomic E-state index is 13.5. The molecule has 0 radical (unpaired) electrons. The molecule has 0 amide bonds. The summed E-state index contributed by atoms with van der Waals surface area (Å²) in [5, 5.41) is 29.7. The van der Waals surface area contributed by atoms with Gasteiger partial charge in [-0.05, 0) is 49.7 Å². The number of nitrogens with zero attached hydrogens (tertiary/aromatic N) is 3. The van der Waals surface area contributed by atoms with Crippen LogP contribution in [0.4, 0.5) is 24.5 Å². The zero-order valence-corrected chi connectivity index (χ0v) is 22.6. The number of para-hydroxylation sites is 1. The second kappa shape index (κ2) is 12.3. The fourth-order valence-electron chi connectivity index (χ4n) is 5.64. The van der Waals surface area contributed by atoms with Gasteiger partial charge < -0.3 is 34.8 Å². The number of ether oxygens (including phenoxy) is 1. The van der Waals surface area contributed by atoms with Gasteiger partial charge in [0.25, 0.3) is 0 Å². The maximum atomic E-state index is 13.5. The van der Waals surface area contributed by atoms with Crippen molar-refractivity contribution in [3.8, 4) is 0 Å². The smallest absolute Gasteiger partial charge is 0.394 e. The van der Waals surface area contributed by atoms with Crippen LogP contribution in [-0.4, -0.2) is 102 Å². The lowest BCUT2D eigenvalue weighted by atomic mass is 9.96. The predicted molar refractivity (Wildman–Crippen MR) is 144 cm³/mol. The van der Waals surface area contributed by atoms with Crippen molar-refractivity contribution in [2.24, 2.45) is 0 Å². The van der Waals surface area contributed by atoms with Crippen LogP contribution in [0.25, 0.3) is 0 Å². The minimum absolute atomic E-state index is 0.171. The number of aliphatic hydroxyl groups excluding tert-OH is 3. The van der Waals surface area contributed by atoms with E-state index in [2.05, 4.69) is 9.80 Å². The van der Waals surface area contributed by atoms with Gasteiger partial charge in [0.2, 0.25) is 0 Å². The van der Waals surface area contributed by atoms with Crippen LogP contribution >= 0.6 is 11.8 Å². The van der Waals surface area contributed by atoms with Gasteiger partial charge in [-0.2, -0.15) is 13.2 Å². The quantitative estimate of drug-likeness (QED) is 0.447. The standard InChI is InChI=1S/C28H36F3N3O4S/c29-28(30,31)19-6-7-26-22(16-19)34(21-4-1-2-5-25(21)39-26)10-3-9-32-12-14-33(15-13-32)11-8-24-27(37)23(36)17-20(18-35)38-24/h1-2,4-7,16,20,23-24,27,35-37H,3,8-15,17-18H2/t20-,23-,24?,27+/m0/s1. The van der Waals surface area contributed by atoms with Crippen molar-refractivity contribution < 1.29 is 33.2 Å². The average molecular weight is 568 g/mol. The molecule has 0 aromatic heterocycles. The number of fused-ring (bicyclic) bond motifs is 2. The van der Waals surface area contributed by atoms with Gasteiger partial charge in [0.1, 0.15) is 6.10 Å². The Balaban J connectivity index is 1.13. The van der Waals surface area contributed by atoms with Gasteiger partial charge in [-0.3, -0.25) is 0 Å². The van der Waals surface area contributed by atoms with Gasteiger partial charge in [0.15, 0.2) is 0 Å². The fraction of sp³-hybridized carbons (Fsp3) is 0.571. The molecule has 2 aromatic rings. The van der Waals surface area contributed by atoms with E-state index in [0.717, 1.165) is 67.2 Å². The Kier molecular flexibility index (Phi) is 9.07. The normalized spacial score (nSPS) is 26.4. The van der Waals surface area contributed by atoms with Gasteiger partial charge in [-0.15, -0.1) is 0 Å². The highest BCUT2D eigenvalue weighted by molar-refractivity contribution is 7.99. The Bertz CT molecular complexity index is 1120. The van der Waals surface area contributed by atoms with E-state index in [1.54, 1.807) is 6.07 Å². The van der Waals surface area contributed by atoms with Crippen molar-refractivity contribution >= 4 is 23.1 Å². The molecule has 3 N–H and O–H groups in total. The zero-order valence-electron chi connectivity index (χ0n) is 21.8. The summed E-state index contributed by atoms with van der Waals surface area (Å²) in [4.78, 5) is 8.60. The molecule has 0 spiro atoms. The number of alkyl halides is 3. The van der Waals surface area contributed by atoms with Gasteiger partial charge in [0, 0.05) is 55.5 Å². The summed E-state index contributed by atoms with van der Waals surface area (Å²) in [6.07, 6.45) is -5.50. The second-order valence-electron chi connectivity index (χ2n) is 10.5. The van der Waals surface area contributed by atoms with Crippen molar-refractivity contribution in [1.29, 1.82) is 0 Å². The molecule has 3 aliphatic rings. The second-order valence-corrected chi connectivity index (χ2v) is 11.6. The molecule has 2 aromatic carbocycles. The monoisotopic (exact) mass is 567 g/mol. The highest BCUT2D eigenvalue weighted by atomic mass is 32.2. The molecule has 7 nitrogen and oxygen atoms in total. The minimum atomic E-state index is -4.39. The number of rotatable bonds is 8. The van der Waals surface area contributed by atoms with E-state index in [0.29, 0.717) is 18.7 Å². The first-order chi connectivity index (χ1) is 18.7. The highest BCUT2D eigenvalue weighted by Gasteiger charge is 2.37. The molecule has 11 heteroatoms. The first kappa shape index (κ1) is 28.7. The molecule has 2 fully saturated rings. The van der Waals surface area contributed by atoms with E-state index < -0.39 is 36.2 Å². The number of halogens is 3. The number of anilines is 2. The van der Waals surface area contributed by atoms with Gasteiger partial charge >= 0.3 is 6.18 Å². The van der Waals surface area contributed by atoms with Gasteiger partial charge in [0.05, 0.1) is 41.9 Å². The largest absolute Gasteiger partial charge is 0.416 e. The van der Waals surface area contributed by atoms with Crippen LogP contribution in [0.15, 0.2) is 52.3 Å². The minimum Gasteiger partial charge on any atom is -0.394 e. The summed E-state index contributed by atoms with van der Waals surface area (Å²) >= 11 is 1.51. The van der Waals surface area contributed by atoms with Crippen LogP contribution in [0.2, 0.25) is 0 Å². The lowest BCUT2D eigenvalue weighted by Gasteiger charge is -2.39. The molecule has 214 valence electrons. The molecule has 3 aliphatic heterocycles. The molecule has 0 saturated carbocycles. The lowest BCUT2D eigenvalue weighted by Crippen LogP contribution is -2.51. The Labute approximate surface area is 231 Å². The summed E-state index contributed by atoms with van der Waals surface area (Å²) in [5.74, 6) is 0. The van der Waals surface area contributed by atoms with E-state index >= 15 is 0 Å². The van der Waals surface area contributed by atoms with E-state index in [1.165, 1.54) is 17.8 Å². The zero-order chi connectivity index (χ0) is 27.6. The third-order valence-corrected chi connectivity index (χ3v) is 8.98. The first-order valence-corrected chi connectivity index (χ1v) is 14.4. The highest BCUT2D eigenvalue weighted by Crippen LogP contribution is 2.49. The number of benzene rings is 2. The average Bonchev–Trinajstić information content (AvgIpc) is 2.93. The summed E-state index contributed by atoms with van der Waals surface area (Å²) in [6, 6.07) is 11.9. The Morgan fingerprint density at radius 1 is 0.897 bits per heavy atom. The predicted octanol–water partition coefficient (Wildman–Crippen LogP) is 3.58. The van der Waals surface area contributed by atoms with Crippen LogP contribution < -0.4 is 4.90 Å². The lowest BCUT2D eigenvalue weighted by molar-refractivity contribution is -0.179. The van der Waals surface area contributed by atoms with E-state index in [9.17, 15) is 28.5 Å².